The quantitative estimate of drug-likeness (QED) is 0.668. The van der Waals surface area contributed by atoms with Gasteiger partial charge >= 0.3 is 0 Å². The van der Waals surface area contributed by atoms with Crippen molar-refractivity contribution in [2.75, 3.05) is 6.54 Å². The van der Waals surface area contributed by atoms with Crippen LogP contribution in [-0.2, 0) is 12.3 Å². The Morgan fingerprint density at radius 3 is 2.94 bits per heavy atom. The maximum atomic E-state index is 6.02. The van der Waals surface area contributed by atoms with Crippen LogP contribution in [0.2, 0.25) is 10.2 Å². The normalized spacial score (nSPS) is 10.8. The first kappa shape index (κ1) is 13.5. The van der Waals surface area contributed by atoms with E-state index in [9.17, 15) is 0 Å². The predicted molar refractivity (Wildman–Crippen MR) is 70.7 cm³/mol. The minimum absolute atomic E-state index is 0.413. The van der Waals surface area contributed by atoms with Crippen LogP contribution < -0.4 is 5.73 Å². The third-order valence-corrected chi connectivity index (χ3v) is 3.59. The van der Waals surface area contributed by atoms with Crippen LogP contribution >= 0.6 is 35.0 Å². The highest BCUT2D eigenvalue weighted by Gasteiger charge is 2.09. The zero-order chi connectivity index (χ0) is 13.0. The van der Waals surface area contributed by atoms with Crippen molar-refractivity contribution in [1.82, 2.24) is 25.2 Å². The molecule has 0 aliphatic heterocycles. The molecular weight excluding hydrogens is 295 g/mol. The van der Waals surface area contributed by atoms with E-state index in [1.54, 1.807) is 16.8 Å². The average molecular weight is 305 g/mol. The zero-order valence-electron chi connectivity index (χ0n) is 9.25. The molecule has 0 saturated heterocycles. The van der Waals surface area contributed by atoms with Crippen LogP contribution in [0.1, 0.15) is 5.69 Å². The molecule has 2 N–H and O–H groups in total. The lowest BCUT2D eigenvalue weighted by Gasteiger charge is -2.04. The Morgan fingerprint density at radius 1 is 1.33 bits per heavy atom. The van der Waals surface area contributed by atoms with Gasteiger partial charge < -0.3 is 5.73 Å². The number of rotatable bonds is 5. The SMILES string of the molecule is NCCn1nnnc1SCc1nc(Cl)ccc1Cl. The van der Waals surface area contributed by atoms with Gasteiger partial charge in [0.25, 0.3) is 0 Å². The summed E-state index contributed by atoms with van der Waals surface area (Å²) < 4.78 is 1.64. The van der Waals surface area contributed by atoms with Crippen molar-refractivity contribution in [1.29, 1.82) is 0 Å². The van der Waals surface area contributed by atoms with Crippen LogP contribution in [0.15, 0.2) is 17.3 Å². The Bertz CT molecular complexity index is 532. The number of nitrogens with two attached hydrogens (primary N) is 1. The van der Waals surface area contributed by atoms with Gasteiger partial charge in [0.1, 0.15) is 5.15 Å². The molecule has 0 spiro atoms. The standard InChI is InChI=1S/C9H10Cl2N6S/c10-6-1-2-8(11)13-7(6)5-18-9-14-15-16-17(9)4-3-12/h1-2H,3-5,12H2. The third-order valence-electron chi connectivity index (χ3n) is 2.06. The monoisotopic (exact) mass is 304 g/mol. The molecule has 0 amide bonds. The smallest absolute Gasteiger partial charge is 0.209 e. The molecule has 0 aromatic carbocycles. The number of nitrogens with zero attached hydrogens (tertiary/aromatic N) is 5. The zero-order valence-corrected chi connectivity index (χ0v) is 11.6. The second kappa shape index (κ2) is 6.33. The molecular formula is C9H10Cl2N6S. The first-order valence-corrected chi connectivity index (χ1v) is 6.85. The summed E-state index contributed by atoms with van der Waals surface area (Å²) in [5, 5.41) is 13.0. The molecule has 0 aliphatic rings. The first-order valence-electron chi connectivity index (χ1n) is 5.10. The van der Waals surface area contributed by atoms with E-state index in [1.165, 1.54) is 11.8 Å². The number of hydrogen-bond donors (Lipinski definition) is 1. The van der Waals surface area contributed by atoms with Gasteiger partial charge in [-0.15, -0.1) is 5.10 Å². The fourth-order valence-electron chi connectivity index (χ4n) is 1.25. The molecule has 0 saturated carbocycles. The van der Waals surface area contributed by atoms with Crippen LogP contribution in [0.3, 0.4) is 0 Å². The Kier molecular flexibility index (Phi) is 4.76. The van der Waals surface area contributed by atoms with E-state index in [-0.39, 0.29) is 0 Å². The highest BCUT2D eigenvalue weighted by atomic mass is 35.5. The van der Waals surface area contributed by atoms with Gasteiger partial charge in [0.15, 0.2) is 0 Å². The van der Waals surface area contributed by atoms with Gasteiger partial charge in [-0.3, -0.25) is 0 Å². The van der Waals surface area contributed by atoms with Gasteiger partial charge in [-0.2, -0.15) is 0 Å². The van der Waals surface area contributed by atoms with E-state index in [4.69, 9.17) is 28.9 Å². The number of thioether (sulfide) groups is 1. The van der Waals surface area contributed by atoms with Crippen molar-refractivity contribution in [3.63, 3.8) is 0 Å². The minimum Gasteiger partial charge on any atom is -0.329 e. The number of tetrazole rings is 1. The van der Waals surface area contributed by atoms with Crippen LogP contribution in [-0.4, -0.2) is 31.7 Å². The summed E-state index contributed by atoms with van der Waals surface area (Å²) >= 11 is 13.3. The van der Waals surface area contributed by atoms with Crippen molar-refractivity contribution < 1.29 is 0 Å². The lowest BCUT2D eigenvalue weighted by molar-refractivity contribution is 0.557. The van der Waals surface area contributed by atoms with Gasteiger partial charge in [-0.05, 0) is 22.6 Å². The Morgan fingerprint density at radius 2 is 2.17 bits per heavy atom. The van der Waals surface area contributed by atoms with E-state index in [0.717, 1.165) is 0 Å². The molecule has 6 nitrogen and oxygen atoms in total. The van der Waals surface area contributed by atoms with Crippen molar-refractivity contribution in [2.45, 2.75) is 17.5 Å². The molecule has 2 rings (SSSR count). The molecule has 0 atom stereocenters. The van der Waals surface area contributed by atoms with E-state index in [0.29, 0.717) is 39.9 Å². The number of pyridine rings is 1. The molecule has 0 aliphatic carbocycles. The summed E-state index contributed by atoms with van der Waals surface area (Å²) in [4.78, 5) is 4.16. The second-order valence-corrected chi connectivity index (χ2v) is 5.06. The summed E-state index contributed by atoms with van der Waals surface area (Å²) in [7, 11) is 0. The fourth-order valence-corrected chi connectivity index (χ4v) is 2.53. The largest absolute Gasteiger partial charge is 0.329 e. The Balaban J connectivity index is 2.06. The van der Waals surface area contributed by atoms with Crippen LogP contribution in [0.5, 0.6) is 0 Å². The lowest BCUT2D eigenvalue weighted by atomic mass is 10.4. The molecule has 2 aromatic heterocycles. The van der Waals surface area contributed by atoms with Gasteiger partial charge in [0.2, 0.25) is 5.16 Å². The summed E-state index contributed by atoms with van der Waals surface area (Å²) in [6, 6.07) is 3.37. The average Bonchev–Trinajstić information content (AvgIpc) is 2.78. The van der Waals surface area contributed by atoms with Gasteiger partial charge in [-0.1, -0.05) is 35.0 Å². The third kappa shape index (κ3) is 3.32. The highest BCUT2D eigenvalue weighted by molar-refractivity contribution is 7.98. The maximum absolute atomic E-state index is 6.02. The lowest BCUT2D eigenvalue weighted by Crippen LogP contribution is -2.12. The van der Waals surface area contributed by atoms with E-state index in [2.05, 4.69) is 20.5 Å². The molecule has 2 heterocycles. The molecule has 0 unspecified atom stereocenters. The van der Waals surface area contributed by atoms with Crippen molar-refractivity contribution in [3.8, 4) is 0 Å². The van der Waals surface area contributed by atoms with Gasteiger partial charge in [0, 0.05) is 12.3 Å². The molecule has 96 valence electrons. The van der Waals surface area contributed by atoms with E-state index < -0.39 is 0 Å². The molecule has 18 heavy (non-hydrogen) atoms. The molecule has 0 radical (unpaired) electrons. The number of hydrogen-bond acceptors (Lipinski definition) is 6. The van der Waals surface area contributed by atoms with Crippen molar-refractivity contribution in [3.05, 3.63) is 28.0 Å². The van der Waals surface area contributed by atoms with Gasteiger partial charge in [-0.25, -0.2) is 9.67 Å². The second-order valence-electron chi connectivity index (χ2n) is 3.32. The van der Waals surface area contributed by atoms with Crippen LogP contribution in [0, 0.1) is 0 Å². The van der Waals surface area contributed by atoms with Crippen LogP contribution in [0.25, 0.3) is 0 Å². The Hall–Kier alpha value is -0.890. The van der Waals surface area contributed by atoms with E-state index in [1.807, 2.05) is 0 Å². The topological polar surface area (TPSA) is 82.5 Å². The number of halogens is 2. The molecule has 0 fully saturated rings. The summed E-state index contributed by atoms with van der Waals surface area (Å²) in [5.41, 5.74) is 6.17. The first-order chi connectivity index (χ1) is 8.70. The van der Waals surface area contributed by atoms with E-state index >= 15 is 0 Å². The Labute approximate surface area is 118 Å². The van der Waals surface area contributed by atoms with Crippen molar-refractivity contribution >= 4 is 35.0 Å². The maximum Gasteiger partial charge on any atom is 0.209 e. The molecule has 0 bridgehead atoms. The highest BCUT2D eigenvalue weighted by Crippen LogP contribution is 2.24. The van der Waals surface area contributed by atoms with Crippen molar-refractivity contribution in [2.24, 2.45) is 5.73 Å². The molecule has 9 heteroatoms. The fraction of sp³-hybridized carbons (Fsp3) is 0.333. The molecule has 2 aromatic rings. The van der Waals surface area contributed by atoms with Gasteiger partial charge in [0.05, 0.1) is 17.3 Å². The minimum atomic E-state index is 0.413. The number of aromatic nitrogens is 5. The predicted octanol–water partition coefficient (Wildman–Crippen LogP) is 1.63. The summed E-state index contributed by atoms with van der Waals surface area (Å²) in [5.74, 6) is 0.546. The van der Waals surface area contributed by atoms with Crippen LogP contribution in [0.4, 0.5) is 0 Å². The summed E-state index contributed by atoms with van der Waals surface area (Å²) in [6.07, 6.45) is 0. The summed E-state index contributed by atoms with van der Waals surface area (Å²) in [6.45, 7) is 1.06.